The molecule has 25 heavy (non-hydrogen) atoms. The Labute approximate surface area is 149 Å². The molecule has 1 aliphatic rings. The highest BCUT2D eigenvalue weighted by Crippen LogP contribution is 2.01. The Kier molecular flexibility index (Phi) is 10.7. The largest absolute Gasteiger partial charge is 0.461 e. The maximum absolute atomic E-state index is 11.2. The lowest BCUT2D eigenvalue weighted by molar-refractivity contribution is -0.142. The number of hydrogen-bond donors (Lipinski definition) is 1. The third kappa shape index (κ3) is 8.74. The van der Waals surface area contributed by atoms with Crippen molar-refractivity contribution >= 4 is 17.9 Å². The summed E-state index contributed by atoms with van der Waals surface area (Å²) in [7, 11) is 1.61. The van der Waals surface area contributed by atoms with Crippen molar-refractivity contribution in [2.45, 2.75) is 27.9 Å². The van der Waals surface area contributed by atoms with Crippen LogP contribution in [0, 0.1) is 0 Å². The molecule has 0 atom stereocenters. The third-order valence-corrected chi connectivity index (χ3v) is 3.51. The van der Waals surface area contributed by atoms with Gasteiger partial charge in [0.15, 0.2) is 0 Å². The predicted octanol–water partition coefficient (Wildman–Crippen LogP) is 1.88. The molecule has 0 aliphatic carbocycles. The van der Waals surface area contributed by atoms with Crippen molar-refractivity contribution in [1.29, 1.82) is 0 Å². The molecule has 1 heterocycles. The molecule has 0 spiro atoms. The van der Waals surface area contributed by atoms with Crippen LogP contribution in [0.25, 0.3) is 0 Å². The van der Waals surface area contributed by atoms with Crippen molar-refractivity contribution in [3.8, 4) is 0 Å². The van der Waals surface area contributed by atoms with Crippen molar-refractivity contribution in [3.63, 3.8) is 0 Å². The molecule has 7 heteroatoms. The van der Waals surface area contributed by atoms with Crippen LogP contribution in [0.2, 0.25) is 0 Å². The van der Waals surface area contributed by atoms with Crippen molar-refractivity contribution in [1.82, 2.24) is 15.1 Å². The highest BCUT2D eigenvalue weighted by atomic mass is 16.5. The summed E-state index contributed by atoms with van der Waals surface area (Å²) in [6.07, 6.45) is 0. The summed E-state index contributed by atoms with van der Waals surface area (Å²) >= 11 is 0. The van der Waals surface area contributed by atoms with E-state index < -0.39 is 0 Å². The zero-order valence-electron chi connectivity index (χ0n) is 14.4. The fourth-order valence-corrected chi connectivity index (χ4v) is 2.14. The van der Waals surface area contributed by atoms with Crippen LogP contribution in [-0.4, -0.2) is 60.9 Å². The molecule has 1 aromatic carbocycles. The van der Waals surface area contributed by atoms with Gasteiger partial charge >= 0.3 is 12.0 Å². The molecule has 2 rings (SSSR count). The van der Waals surface area contributed by atoms with Crippen molar-refractivity contribution < 1.29 is 19.1 Å². The van der Waals surface area contributed by atoms with Gasteiger partial charge in [0, 0.05) is 47.1 Å². The fraction of sp³-hybridized carbons (Fsp3) is 0.500. The molecule has 1 N–H and O–H groups in total. The van der Waals surface area contributed by atoms with Gasteiger partial charge in [0.2, 0.25) is 5.91 Å². The number of nitrogens with zero attached hydrogens (tertiary/aromatic N) is 2. The van der Waals surface area contributed by atoms with Crippen LogP contribution in [-0.2, 0) is 20.9 Å². The molecule has 3 amide bonds. The second-order valence-corrected chi connectivity index (χ2v) is 5.31. The predicted molar refractivity (Wildman–Crippen MR) is 96.9 cm³/mol. The van der Waals surface area contributed by atoms with Gasteiger partial charge in [-0.2, -0.15) is 0 Å². The Morgan fingerprint density at radius 1 is 1.00 bits per heavy atom. The Bertz CT molecular complexity index is 541. The van der Waals surface area contributed by atoms with Crippen LogP contribution in [0.4, 0.5) is 4.79 Å². The molecule has 0 aromatic heterocycles. The number of carbonyl (C=O) groups is 3. The van der Waals surface area contributed by atoms with E-state index in [-0.39, 0.29) is 25.3 Å². The van der Waals surface area contributed by atoms with Gasteiger partial charge in [-0.05, 0) is 5.56 Å². The molecular weight excluding hydrogens is 322 g/mol. The van der Waals surface area contributed by atoms with Crippen LogP contribution < -0.4 is 5.32 Å². The third-order valence-electron chi connectivity index (χ3n) is 3.51. The molecule has 0 unspecified atom stereocenters. The number of hydrogen-bond acceptors (Lipinski definition) is 4. The van der Waals surface area contributed by atoms with Gasteiger partial charge in [0.1, 0.15) is 6.61 Å². The van der Waals surface area contributed by atoms with Crippen molar-refractivity contribution in [3.05, 3.63) is 35.9 Å². The van der Waals surface area contributed by atoms with E-state index in [0.29, 0.717) is 32.8 Å². The number of carbonyl (C=O) groups excluding carboxylic acids is 3. The zero-order chi connectivity index (χ0) is 17.9. The minimum atomic E-state index is -0.242. The van der Waals surface area contributed by atoms with Gasteiger partial charge in [-0.1, -0.05) is 37.8 Å². The second kappa shape index (κ2) is 11.9. The van der Waals surface area contributed by atoms with Gasteiger partial charge in [-0.15, -0.1) is 0 Å². The van der Waals surface area contributed by atoms with E-state index in [2.05, 4.69) is 5.32 Å². The highest BCUT2D eigenvalue weighted by Gasteiger charge is 2.20. The molecule has 140 valence electrons. The van der Waals surface area contributed by atoms with Gasteiger partial charge in [0.05, 0.1) is 0 Å². The maximum Gasteiger partial charge on any atom is 0.317 e. The molecule has 1 aliphatic heterocycles. The highest BCUT2D eigenvalue weighted by molar-refractivity contribution is 5.75. The first-order chi connectivity index (χ1) is 11.4. The molecule has 0 bridgehead atoms. The van der Waals surface area contributed by atoms with E-state index in [1.54, 1.807) is 23.8 Å². The number of amides is 3. The summed E-state index contributed by atoms with van der Waals surface area (Å²) in [6.45, 7) is 5.86. The maximum atomic E-state index is 11.2. The molecule has 1 aromatic rings. The molecule has 7 nitrogen and oxygen atoms in total. The van der Waals surface area contributed by atoms with Crippen LogP contribution in [0.15, 0.2) is 30.3 Å². The van der Waals surface area contributed by atoms with E-state index in [1.165, 1.54) is 6.92 Å². The fourth-order valence-electron chi connectivity index (χ4n) is 2.14. The number of rotatable bonds is 2. The first-order valence-corrected chi connectivity index (χ1v) is 7.83. The topological polar surface area (TPSA) is 79.0 Å². The van der Waals surface area contributed by atoms with Gasteiger partial charge in [-0.25, -0.2) is 4.79 Å². The number of piperazine rings is 1. The first-order valence-electron chi connectivity index (χ1n) is 7.83. The van der Waals surface area contributed by atoms with E-state index in [1.807, 2.05) is 30.3 Å². The SMILES string of the molecule is C.CC(=O)OCc1ccccc1.CNC(=O)N1CCN(C(C)=O)CC1. The van der Waals surface area contributed by atoms with E-state index in [9.17, 15) is 14.4 Å². The lowest BCUT2D eigenvalue weighted by atomic mass is 10.2. The van der Waals surface area contributed by atoms with E-state index >= 15 is 0 Å². The van der Waals surface area contributed by atoms with Gasteiger partial charge in [-0.3, -0.25) is 9.59 Å². The van der Waals surface area contributed by atoms with Gasteiger partial charge < -0.3 is 19.9 Å². The average Bonchev–Trinajstić information content (AvgIpc) is 2.60. The van der Waals surface area contributed by atoms with E-state index in [0.717, 1.165) is 5.56 Å². The van der Waals surface area contributed by atoms with Crippen LogP contribution in [0.5, 0.6) is 0 Å². The lowest BCUT2D eigenvalue weighted by Gasteiger charge is -2.33. The Hall–Kier alpha value is -2.57. The smallest absolute Gasteiger partial charge is 0.317 e. The van der Waals surface area contributed by atoms with Crippen molar-refractivity contribution in [2.24, 2.45) is 0 Å². The van der Waals surface area contributed by atoms with Crippen LogP contribution in [0.3, 0.4) is 0 Å². The Balaban J connectivity index is 0.000000449. The van der Waals surface area contributed by atoms with Crippen LogP contribution in [0.1, 0.15) is 26.8 Å². The number of nitrogens with one attached hydrogen (secondary N) is 1. The molecule has 0 saturated carbocycles. The minimum absolute atomic E-state index is 0. The van der Waals surface area contributed by atoms with Crippen molar-refractivity contribution in [2.75, 3.05) is 33.2 Å². The molecular formula is C18H29N3O4. The number of urea groups is 1. The quantitative estimate of drug-likeness (QED) is 0.825. The molecule has 0 radical (unpaired) electrons. The molecule has 1 saturated heterocycles. The lowest BCUT2D eigenvalue weighted by Crippen LogP contribution is -2.52. The minimum Gasteiger partial charge on any atom is -0.461 e. The van der Waals surface area contributed by atoms with Crippen LogP contribution >= 0.6 is 0 Å². The van der Waals surface area contributed by atoms with Gasteiger partial charge in [0.25, 0.3) is 0 Å². The first kappa shape index (κ1) is 22.4. The Morgan fingerprint density at radius 2 is 1.52 bits per heavy atom. The summed E-state index contributed by atoms with van der Waals surface area (Å²) in [5.74, 6) is -0.162. The summed E-state index contributed by atoms with van der Waals surface area (Å²) < 4.78 is 4.79. The second-order valence-electron chi connectivity index (χ2n) is 5.31. The number of esters is 1. The normalized spacial score (nSPS) is 12.9. The average molecular weight is 351 g/mol. The summed E-state index contributed by atoms with van der Waals surface area (Å²) in [5, 5.41) is 2.56. The number of ether oxygens (including phenoxy) is 1. The summed E-state index contributed by atoms with van der Waals surface area (Å²) in [5.41, 5.74) is 1.02. The monoisotopic (exact) mass is 351 g/mol. The molecule has 1 fully saturated rings. The van der Waals surface area contributed by atoms with E-state index in [4.69, 9.17) is 4.74 Å². The standard InChI is InChI=1S/C9H10O2.C8H15N3O2.CH4/c1-8(10)11-7-9-5-3-2-4-6-9;1-7(12)10-3-5-11(6-4-10)8(13)9-2;/h2-6H,7H2,1H3;3-6H2,1-2H3,(H,9,13);1H4. The summed E-state index contributed by atoms with van der Waals surface area (Å²) in [6, 6.07) is 9.53. The zero-order valence-corrected chi connectivity index (χ0v) is 14.4. The Morgan fingerprint density at radius 3 is 1.96 bits per heavy atom. The number of benzene rings is 1. The summed E-state index contributed by atoms with van der Waals surface area (Å²) in [4.78, 5) is 36.0.